The third-order valence-corrected chi connectivity index (χ3v) is 3.80. The highest BCUT2D eigenvalue weighted by atomic mass is 35.5. The molecule has 3 rings (SSSR count). The van der Waals surface area contributed by atoms with Crippen LogP contribution in [-0.2, 0) is 0 Å². The zero-order valence-corrected chi connectivity index (χ0v) is 14.4. The van der Waals surface area contributed by atoms with Crippen LogP contribution < -0.4 is 10.6 Å². The van der Waals surface area contributed by atoms with Crippen LogP contribution in [0.4, 0.5) is 26.0 Å². The molecule has 0 saturated heterocycles. The lowest BCUT2D eigenvalue weighted by Crippen LogP contribution is -2.14. The molecular weight excluding hydrogens is 385 g/mol. The highest BCUT2D eigenvalue weighted by Crippen LogP contribution is 2.25. The zero-order valence-electron chi connectivity index (χ0n) is 12.9. The van der Waals surface area contributed by atoms with Gasteiger partial charge in [0.25, 0.3) is 5.91 Å². The first kappa shape index (κ1) is 18.0. The molecule has 0 spiro atoms. The second kappa shape index (κ2) is 7.63. The van der Waals surface area contributed by atoms with Gasteiger partial charge in [0.15, 0.2) is 11.6 Å². The molecule has 3 aromatic rings. The lowest BCUT2D eigenvalue weighted by Gasteiger charge is -2.08. The quantitative estimate of drug-likeness (QED) is 0.648. The first-order valence-corrected chi connectivity index (χ1v) is 7.98. The number of aromatic nitrogens is 2. The number of nitrogens with zero attached hydrogens (tertiary/aromatic N) is 2. The Bertz CT molecular complexity index is 967. The minimum Gasteiger partial charge on any atom is -0.339 e. The largest absolute Gasteiger partial charge is 0.339 e. The average molecular weight is 395 g/mol. The van der Waals surface area contributed by atoms with Crippen LogP contribution in [0.3, 0.4) is 0 Å². The minimum absolute atomic E-state index is 0.0480. The number of anilines is 3. The molecule has 0 radical (unpaired) electrons. The van der Waals surface area contributed by atoms with E-state index in [-0.39, 0.29) is 16.5 Å². The van der Waals surface area contributed by atoms with Gasteiger partial charge in [-0.15, -0.1) is 0 Å². The molecule has 5 nitrogen and oxygen atoms in total. The van der Waals surface area contributed by atoms with Crippen molar-refractivity contribution in [3.05, 3.63) is 76.2 Å². The summed E-state index contributed by atoms with van der Waals surface area (Å²) in [6.07, 6.45) is 2.53. The summed E-state index contributed by atoms with van der Waals surface area (Å²) in [7, 11) is 0. The standard InChI is InChI=1S/C17H10Cl2F2N4O/c18-9-1-4-14(11(19)5-9)25-17(26)15-7-23-16(8-22-15)24-10-2-3-12(20)13(21)6-10/h1-8H,(H,23,24)(H,25,26). The fraction of sp³-hybridized carbons (Fsp3) is 0. The molecule has 26 heavy (non-hydrogen) atoms. The smallest absolute Gasteiger partial charge is 0.275 e. The van der Waals surface area contributed by atoms with Crippen LogP contribution >= 0.6 is 23.2 Å². The predicted octanol–water partition coefficient (Wildman–Crippen LogP) is 5.06. The SMILES string of the molecule is O=C(Nc1ccc(Cl)cc1Cl)c1cnc(Nc2ccc(F)c(F)c2)cn1. The fourth-order valence-corrected chi connectivity index (χ4v) is 2.46. The van der Waals surface area contributed by atoms with Crippen molar-refractivity contribution in [2.24, 2.45) is 0 Å². The Labute approximate surface area is 157 Å². The minimum atomic E-state index is -0.987. The van der Waals surface area contributed by atoms with E-state index in [4.69, 9.17) is 23.2 Å². The maximum atomic E-state index is 13.2. The molecule has 0 aliphatic carbocycles. The maximum absolute atomic E-state index is 13.2. The summed E-state index contributed by atoms with van der Waals surface area (Å²) in [5.74, 6) is -2.19. The van der Waals surface area contributed by atoms with Crippen molar-refractivity contribution in [1.82, 2.24) is 9.97 Å². The van der Waals surface area contributed by atoms with Crippen LogP contribution in [0.2, 0.25) is 10.0 Å². The number of halogens is 4. The van der Waals surface area contributed by atoms with Crippen LogP contribution in [0.25, 0.3) is 0 Å². The third-order valence-electron chi connectivity index (χ3n) is 3.26. The predicted molar refractivity (Wildman–Crippen MR) is 96.1 cm³/mol. The van der Waals surface area contributed by atoms with E-state index in [0.29, 0.717) is 16.4 Å². The number of amides is 1. The van der Waals surface area contributed by atoms with Crippen LogP contribution in [0.1, 0.15) is 10.5 Å². The first-order valence-electron chi connectivity index (χ1n) is 7.23. The van der Waals surface area contributed by atoms with E-state index in [1.807, 2.05) is 0 Å². The van der Waals surface area contributed by atoms with Gasteiger partial charge in [-0.05, 0) is 30.3 Å². The van der Waals surface area contributed by atoms with Gasteiger partial charge in [0.2, 0.25) is 0 Å². The van der Waals surface area contributed by atoms with E-state index >= 15 is 0 Å². The van der Waals surface area contributed by atoms with Crippen molar-refractivity contribution in [2.45, 2.75) is 0 Å². The van der Waals surface area contributed by atoms with Crippen molar-refractivity contribution >= 4 is 46.3 Å². The Morgan fingerprint density at radius 2 is 1.77 bits per heavy atom. The number of hydrogen-bond donors (Lipinski definition) is 2. The van der Waals surface area contributed by atoms with Crippen molar-refractivity contribution in [3.8, 4) is 0 Å². The second-order valence-corrected chi connectivity index (χ2v) is 5.96. The Hall–Kier alpha value is -2.77. The Kier molecular flexibility index (Phi) is 5.29. The normalized spacial score (nSPS) is 10.5. The Morgan fingerprint density at radius 3 is 2.42 bits per heavy atom. The lowest BCUT2D eigenvalue weighted by molar-refractivity contribution is 0.102. The number of hydrogen-bond acceptors (Lipinski definition) is 4. The van der Waals surface area contributed by atoms with Gasteiger partial charge in [0, 0.05) is 16.8 Å². The molecule has 1 heterocycles. The molecule has 0 unspecified atom stereocenters. The monoisotopic (exact) mass is 394 g/mol. The summed E-state index contributed by atoms with van der Waals surface area (Å²) < 4.78 is 26.1. The van der Waals surface area contributed by atoms with Crippen LogP contribution in [-0.4, -0.2) is 15.9 Å². The molecule has 2 N–H and O–H groups in total. The third kappa shape index (κ3) is 4.25. The molecule has 0 aliphatic rings. The maximum Gasteiger partial charge on any atom is 0.275 e. The number of rotatable bonds is 4. The van der Waals surface area contributed by atoms with Crippen molar-refractivity contribution in [1.29, 1.82) is 0 Å². The Morgan fingerprint density at radius 1 is 0.962 bits per heavy atom. The number of nitrogens with one attached hydrogen (secondary N) is 2. The molecule has 0 fully saturated rings. The van der Waals surface area contributed by atoms with E-state index < -0.39 is 17.5 Å². The van der Waals surface area contributed by atoms with Gasteiger partial charge >= 0.3 is 0 Å². The van der Waals surface area contributed by atoms with Gasteiger partial charge in [-0.2, -0.15) is 0 Å². The topological polar surface area (TPSA) is 66.9 Å². The highest BCUT2D eigenvalue weighted by Gasteiger charge is 2.11. The summed E-state index contributed by atoms with van der Waals surface area (Å²) >= 11 is 11.8. The van der Waals surface area contributed by atoms with Gasteiger partial charge in [0.1, 0.15) is 11.5 Å². The molecule has 1 amide bonds. The Balaban J connectivity index is 1.70. The van der Waals surface area contributed by atoms with Crippen LogP contribution in [0.15, 0.2) is 48.8 Å². The van der Waals surface area contributed by atoms with Gasteiger partial charge in [-0.1, -0.05) is 23.2 Å². The zero-order chi connectivity index (χ0) is 18.7. The van der Waals surface area contributed by atoms with Crippen molar-refractivity contribution in [3.63, 3.8) is 0 Å². The van der Waals surface area contributed by atoms with Gasteiger partial charge in [0.05, 0.1) is 23.1 Å². The number of carbonyl (C=O) groups is 1. The fourth-order valence-electron chi connectivity index (χ4n) is 2.01. The van der Waals surface area contributed by atoms with E-state index in [1.165, 1.54) is 24.5 Å². The molecule has 0 atom stereocenters. The summed E-state index contributed by atoms with van der Waals surface area (Å²) in [5.41, 5.74) is 0.724. The highest BCUT2D eigenvalue weighted by molar-refractivity contribution is 6.36. The molecular formula is C17H10Cl2F2N4O. The van der Waals surface area contributed by atoms with E-state index in [1.54, 1.807) is 12.1 Å². The van der Waals surface area contributed by atoms with Gasteiger partial charge in [-0.3, -0.25) is 4.79 Å². The van der Waals surface area contributed by atoms with Gasteiger partial charge in [-0.25, -0.2) is 18.7 Å². The molecule has 0 bridgehead atoms. The second-order valence-electron chi connectivity index (χ2n) is 5.12. The summed E-state index contributed by atoms with van der Waals surface area (Å²) in [6, 6.07) is 7.98. The molecule has 2 aromatic carbocycles. The molecule has 0 aliphatic heterocycles. The number of carbonyl (C=O) groups excluding carboxylic acids is 1. The summed E-state index contributed by atoms with van der Waals surface area (Å²) in [6.45, 7) is 0. The van der Waals surface area contributed by atoms with Crippen LogP contribution in [0.5, 0.6) is 0 Å². The van der Waals surface area contributed by atoms with E-state index in [2.05, 4.69) is 20.6 Å². The molecule has 9 heteroatoms. The van der Waals surface area contributed by atoms with Crippen molar-refractivity contribution in [2.75, 3.05) is 10.6 Å². The lowest BCUT2D eigenvalue weighted by atomic mass is 10.3. The average Bonchev–Trinajstić information content (AvgIpc) is 2.61. The summed E-state index contributed by atoms with van der Waals surface area (Å²) in [5, 5.41) is 6.08. The summed E-state index contributed by atoms with van der Waals surface area (Å²) in [4.78, 5) is 20.2. The first-order chi connectivity index (χ1) is 12.4. The molecule has 1 aromatic heterocycles. The molecule has 132 valence electrons. The van der Waals surface area contributed by atoms with Crippen molar-refractivity contribution < 1.29 is 13.6 Å². The van der Waals surface area contributed by atoms with E-state index in [9.17, 15) is 13.6 Å². The molecule has 0 saturated carbocycles. The van der Waals surface area contributed by atoms with E-state index in [0.717, 1.165) is 12.1 Å². The number of benzene rings is 2. The van der Waals surface area contributed by atoms with Crippen LogP contribution in [0, 0.1) is 11.6 Å². The van der Waals surface area contributed by atoms with Gasteiger partial charge < -0.3 is 10.6 Å².